The zero-order valence-electron chi connectivity index (χ0n) is 33.3. The Kier molecular flexibility index (Phi) is 12.0. The second-order valence-corrected chi connectivity index (χ2v) is 20.8. The van der Waals surface area contributed by atoms with E-state index in [9.17, 15) is 26.3 Å². The highest BCUT2D eigenvalue weighted by atomic mass is 32.2. The lowest BCUT2D eigenvalue weighted by molar-refractivity contribution is -0.138. The molecule has 0 bridgehead atoms. The SMILES string of the molecule is CC(C)(C)c1ccc(Sc2ccc(Sc3ccc(C(C)(C)C)cc3)c3c2C(=O)c2c(Sc4cccc(C(F)(F)F)c4)ccc(Sc4cccc(C(F)(F)F)c4)c2C3=O)cc1. The Morgan fingerprint density at radius 3 is 0.900 bits per heavy atom. The van der Waals surface area contributed by atoms with Crippen molar-refractivity contribution >= 4 is 58.6 Å². The highest BCUT2D eigenvalue weighted by Gasteiger charge is 2.39. The fourth-order valence-corrected chi connectivity index (χ4v) is 10.6. The first kappa shape index (κ1) is 43.7. The van der Waals surface area contributed by atoms with E-state index in [4.69, 9.17) is 0 Å². The monoisotopic (exact) mass is 888 g/mol. The molecule has 0 saturated carbocycles. The largest absolute Gasteiger partial charge is 0.416 e. The molecule has 0 unspecified atom stereocenters. The third-order valence-electron chi connectivity index (χ3n) is 9.84. The number of alkyl halides is 6. The quantitative estimate of drug-likeness (QED) is 0.141. The van der Waals surface area contributed by atoms with Crippen LogP contribution in [0.1, 0.15) is 95.6 Å². The van der Waals surface area contributed by atoms with Crippen molar-refractivity contribution in [1.82, 2.24) is 0 Å². The Labute approximate surface area is 362 Å². The van der Waals surface area contributed by atoms with Gasteiger partial charge in [-0.2, -0.15) is 26.3 Å². The molecule has 0 fully saturated rings. The summed E-state index contributed by atoms with van der Waals surface area (Å²) in [5, 5.41) is 0. The van der Waals surface area contributed by atoms with Crippen LogP contribution in [0, 0.1) is 0 Å². The Balaban J connectivity index is 1.41. The molecule has 0 spiro atoms. The minimum atomic E-state index is -4.62. The predicted molar refractivity (Wildman–Crippen MR) is 229 cm³/mol. The number of carbonyl (C=O) groups is 2. The summed E-state index contributed by atoms with van der Waals surface area (Å²) < 4.78 is 82.8. The van der Waals surface area contributed by atoms with Gasteiger partial charge in [-0.05, 0) is 107 Å². The molecule has 1 aliphatic carbocycles. The summed E-state index contributed by atoms with van der Waals surface area (Å²) in [4.78, 5) is 34.1. The highest BCUT2D eigenvalue weighted by molar-refractivity contribution is 8.00. The van der Waals surface area contributed by atoms with Crippen LogP contribution in [-0.4, -0.2) is 11.6 Å². The van der Waals surface area contributed by atoms with Crippen molar-refractivity contribution in [3.8, 4) is 0 Å². The fraction of sp³-hybridized carbons (Fsp3) is 0.208. The normalized spacial score (nSPS) is 13.3. The van der Waals surface area contributed by atoms with E-state index in [0.29, 0.717) is 9.79 Å². The van der Waals surface area contributed by atoms with Gasteiger partial charge in [0.05, 0.1) is 11.1 Å². The molecule has 6 aromatic carbocycles. The van der Waals surface area contributed by atoms with Gasteiger partial charge in [-0.15, -0.1) is 0 Å². The molecule has 0 atom stereocenters. The standard InChI is InChI=1S/C48H38F6O2S4/c1-45(2,3)27-13-17-31(18-14-27)57-35-21-22-36(58-32-19-15-28(16-20-32)46(4,5)6)40-39(35)43(55)41-37(59-33-11-7-9-29(25-33)47(49,50)51)23-24-38(42(41)44(40)56)60-34-12-8-10-30(26-34)48(52,53)54/h7-26H,1-6H3. The van der Waals surface area contributed by atoms with E-state index in [-0.39, 0.29) is 52.7 Å². The lowest BCUT2D eigenvalue weighted by Gasteiger charge is -2.26. The van der Waals surface area contributed by atoms with E-state index in [1.165, 1.54) is 47.8 Å². The molecule has 2 nitrogen and oxygen atoms in total. The first-order valence-corrected chi connectivity index (χ1v) is 22.0. The zero-order chi connectivity index (χ0) is 43.4. The van der Waals surface area contributed by atoms with Crippen molar-refractivity contribution in [3.05, 3.63) is 166 Å². The van der Waals surface area contributed by atoms with Gasteiger partial charge in [0.25, 0.3) is 0 Å². The molecule has 12 heteroatoms. The van der Waals surface area contributed by atoms with Crippen molar-refractivity contribution in [1.29, 1.82) is 0 Å². The van der Waals surface area contributed by atoms with Gasteiger partial charge in [-0.1, -0.05) is 125 Å². The summed E-state index contributed by atoms with van der Waals surface area (Å²) in [7, 11) is 0. The van der Waals surface area contributed by atoms with Crippen molar-refractivity contribution < 1.29 is 35.9 Å². The number of rotatable bonds is 8. The van der Waals surface area contributed by atoms with E-state index >= 15 is 9.59 Å². The molecule has 1 aliphatic rings. The van der Waals surface area contributed by atoms with Crippen LogP contribution in [0.3, 0.4) is 0 Å². The maximum absolute atomic E-state index is 15.3. The molecule has 0 amide bonds. The van der Waals surface area contributed by atoms with E-state index < -0.39 is 35.0 Å². The number of carbonyl (C=O) groups excluding carboxylic acids is 2. The van der Waals surface area contributed by atoms with Crippen LogP contribution in [0.25, 0.3) is 0 Å². The average molecular weight is 889 g/mol. The third-order valence-corrected chi connectivity index (χ3v) is 14.1. The van der Waals surface area contributed by atoms with E-state index in [0.717, 1.165) is 68.7 Å². The summed E-state index contributed by atoms with van der Waals surface area (Å²) >= 11 is 4.47. The molecule has 60 heavy (non-hydrogen) atoms. The molecular formula is C48H38F6O2S4. The molecular weight excluding hydrogens is 851 g/mol. The van der Waals surface area contributed by atoms with Gasteiger partial charge in [0.2, 0.25) is 0 Å². The van der Waals surface area contributed by atoms with Gasteiger partial charge in [0.15, 0.2) is 11.6 Å². The number of benzene rings is 6. The molecule has 7 rings (SSSR count). The minimum Gasteiger partial charge on any atom is -0.288 e. The first-order chi connectivity index (χ1) is 28.1. The summed E-state index contributed by atoms with van der Waals surface area (Å²) in [5.74, 6) is -1.03. The molecule has 0 N–H and O–H groups in total. The lowest BCUT2D eigenvalue weighted by atomic mass is 9.84. The zero-order valence-corrected chi connectivity index (χ0v) is 36.5. The minimum absolute atomic E-state index is 0.0199. The summed E-state index contributed by atoms with van der Waals surface area (Å²) in [6.45, 7) is 12.6. The van der Waals surface area contributed by atoms with Crippen LogP contribution in [-0.2, 0) is 23.2 Å². The van der Waals surface area contributed by atoms with Crippen molar-refractivity contribution in [2.24, 2.45) is 0 Å². The summed E-state index contributed by atoms with van der Waals surface area (Å²) in [5.41, 5.74) is 0.536. The number of hydrogen-bond donors (Lipinski definition) is 0. The van der Waals surface area contributed by atoms with Gasteiger partial charge >= 0.3 is 12.4 Å². The number of halogens is 6. The highest BCUT2D eigenvalue weighted by Crippen LogP contribution is 2.49. The molecule has 6 aromatic rings. The van der Waals surface area contributed by atoms with Crippen molar-refractivity contribution in [2.45, 2.75) is 104 Å². The Morgan fingerprint density at radius 1 is 0.350 bits per heavy atom. The smallest absolute Gasteiger partial charge is 0.288 e. The Bertz CT molecular complexity index is 2440. The van der Waals surface area contributed by atoms with Crippen LogP contribution in [0.5, 0.6) is 0 Å². The van der Waals surface area contributed by atoms with Crippen LogP contribution in [0.2, 0.25) is 0 Å². The van der Waals surface area contributed by atoms with Crippen molar-refractivity contribution in [3.63, 3.8) is 0 Å². The summed E-state index contributed by atoms with van der Waals surface area (Å²) in [6, 6.07) is 32.0. The third kappa shape index (κ3) is 9.42. The Hall–Kier alpha value is -4.36. The van der Waals surface area contributed by atoms with E-state index in [2.05, 4.69) is 41.5 Å². The predicted octanol–water partition coefficient (Wildman–Crippen LogP) is 15.7. The second-order valence-electron chi connectivity index (χ2n) is 16.3. The second kappa shape index (κ2) is 16.5. The fourth-order valence-electron chi connectivity index (χ4n) is 6.65. The van der Waals surface area contributed by atoms with Crippen molar-refractivity contribution in [2.75, 3.05) is 0 Å². The topological polar surface area (TPSA) is 34.1 Å². The Morgan fingerprint density at radius 2 is 0.633 bits per heavy atom. The molecule has 308 valence electrons. The molecule has 0 aromatic heterocycles. The van der Waals surface area contributed by atoms with Crippen LogP contribution >= 0.6 is 47.0 Å². The van der Waals surface area contributed by atoms with Gasteiger partial charge in [0, 0.05) is 61.4 Å². The van der Waals surface area contributed by atoms with Crippen LogP contribution in [0.15, 0.2) is 160 Å². The lowest BCUT2D eigenvalue weighted by Crippen LogP contribution is -2.24. The number of hydrogen-bond acceptors (Lipinski definition) is 6. The van der Waals surface area contributed by atoms with Gasteiger partial charge in [0.1, 0.15) is 0 Å². The van der Waals surface area contributed by atoms with E-state index in [1.807, 2.05) is 60.7 Å². The van der Waals surface area contributed by atoms with E-state index in [1.54, 1.807) is 12.1 Å². The van der Waals surface area contributed by atoms with Crippen LogP contribution in [0.4, 0.5) is 26.3 Å². The average Bonchev–Trinajstić information content (AvgIpc) is 3.17. The molecule has 0 heterocycles. The number of ketones is 2. The molecule has 0 saturated heterocycles. The summed E-state index contributed by atoms with van der Waals surface area (Å²) in [6.07, 6.45) is -9.24. The van der Waals surface area contributed by atoms with Gasteiger partial charge < -0.3 is 0 Å². The maximum atomic E-state index is 15.3. The molecule has 0 radical (unpaired) electrons. The number of fused-ring (bicyclic) bond motifs is 2. The van der Waals surface area contributed by atoms with Gasteiger partial charge in [-0.3, -0.25) is 9.59 Å². The van der Waals surface area contributed by atoms with Gasteiger partial charge in [-0.25, -0.2) is 0 Å². The maximum Gasteiger partial charge on any atom is 0.416 e. The first-order valence-electron chi connectivity index (χ1n) is 18.8. The molecule has 0 aliphatic heterocycles. The van der Waals surface area contributed by atoms with Crippen LogP contribution < -0.4 is 0 Å².